The number of hydrogen-bond acceptors (Lipinski definition) is 8. The summed E-state index contributed by atoms with van der Waals surface area (Å²) in [5, 5.41) is 14.2. The first-order valence-corrected chi connectivity index (χ1v) is 12.6. The minimum atomic E-state index is -3.63. The predicted molar refractivity (Wildman–Crippen MR) is 126 cm³/mol. The normalized spacial score (nSPS) is 11.6. The van der Waals surface area contributed by atoms with Crippen LogP contribution in [0.4, 0.5) is 20.9 Å². The number of carbonyl (C=O) groups is 1. The molecule has 0 radical (unpaired) electrons. The lowest BCUT2D eigenvalue weighted by atomic mass is 10.1. The fourth-order valence-corrected chi connectivity index (χ4v) is 5.22. The number of anilines is 3. The Morgan fingerprint density at radius 3 is 2.62 bits per heavy atom. The van der Waals surface area contributed by atoms with E-state index in [0.29, 0.717) is 20.8 Å². The number of amides is 1. The van der Waals surface area contributed by atoms with Crippen LogP contribution in [0.3, 0.4) is 0 Å². The molecule has 170 valence electrons. The van der Waals surface area contributed by atoms with Crippen molar-refractivity contribution in [2.24, 2.45) is 0 Å². The molecule has 0 saturated heterocycles. The smallest absolute Gasteiger partial charge is 0.242 e. The van der Waals surface area contributed by atoms with E-state index in [2.05, 4.69) is 20.8 Å². The summed E-state index contributed by atoms with van der Waals surface area (Å²) in [6, 6.07) is 9.03. The Balaban J connectivity index is 1.64. The van der Waals surface area contributed by atoms with Crippen molar-refractivity contribution < 1.29 is 17.6 Å². The molecule has 1 heterocycles. The second-order valence-corrected chi connectivity index (χ2v) is 11.4. The molecule has 0 aliphatic heterocycles. The molecule has 1 amide bonds. The zero-order chi connectivity index (χ0) is 23.5. The van der Waals surface area contributed by atoms with Crippen molar-refractivity contribution in [2.75, 3.05) is 30.5 Å². The number of rotatable bonds is 8. The maximum Gasteiger partial charge on any atom is 0.242 e. The number of benzene rings is 2. The average Bonchev–Trinajstić information content (AvgIpc) is 3.16. The molecule has 0 atom stereocenters. The molecule has 8 nitrogen and oxygen atoms in total. The van der Waals surface area contributed by atoms with Gasteiger partial charge in [0.05, 0.1) is 10.6 Å². The van der Waals surface area contributed by atoms with Gasteiger partial charge in [0.2, 0.25) is 21.1 Å². The third-order valence-corrected chi connectivity index (χ3v) is 8.27. The van der Waals surface area contributed by atoms with Crippen molar-refractivity contribution in [3.8, 4) is 0 Å². The van der Waals surface area contributed by atoms with Gasteiger partial charge in [0.25, 0.3) is 0 Å². The molecule has 3 rings (SSSR count). The third kappa shape index (κ3) is 5.82. The summed E-state index contributed by atoms with van der Waals surface area (Å²) in [6.07, 6.45) is 0. The van der Waals surface area contributed by atoms with Crippen molar-refractivity contribution in [2.45, 2.75) is 23.1 Å². The van der Waals surface area contributed by atoms with Crippen molar-refractivity contribution >= 4 is 55.5 Å². The molecule has 0 aliphatic rings. The van der Waals surface area contributed by atoms with Gasteiger partial charge in [-0.25, -0.2) is 17.1 Å². The van der Waals surface area contributed by atoms with Gasteiger partial charge in [-0.05, 0) is 55.3 Å². The SMILES string of the molecule is Cc1cc(S(=O)(=O)N(C)C)cc(NC(=O)CSc2nnc(Nc3cccc(F)c3)s2)c1C. The summed E-state index contributed by atoms with van der Waals surface area (Å²) in [7, 11) is -0.711. The van der Waals surface area contributed by atoms with Gasteiger partial charge in [-0.2, -0.15) is 0 Å². The Labute approximate surface area is 194 Å². The topological polar surface area (TPSA) is 104 Å². The Morgan fingerprint density at radius 1 is 1.19 bits per heavy atom. The minimum absolute atomic E-state index is 0.0672. The zero-order valence-electron chi connectivity index (χ0n) is 17.8. The first-order valence-electron chi connectivity index (χ1n) is 9.39. The molecule has 0 unspecified atom stereocenters. The molecule has 1 aromatic heterocycles. The number of aromatic nitrogens is 2. The van der Waals surface area contributed by atoms with Gasteiger partial charge in [-0.1, -0.05) is 29.2 Å². The lowest BCUT2D eigenvalue weighted by Gasteiger charge is -2.16. The van der Waals surface area contributed by atoms with Crippen molar-refractivity contribution in [1.82, 2.24) is 14.5 Å². The summed E-state index contributed by atoms with van der Waals surface area (Å²) >= 11 is 2.44. The van der Waals surface area contributed by atoms with E-state index in [1.807, 2.05) is 6.92 Å². The van der Waals surface area contributed by atoms with E-state index >= 15 is 0 Å². The Morgan fingerprint density at radius 2 is 1.94 bits per heavy atom. The lowest BCUT2D eigenvalue weighted by molar-refractivity contribution is -0.113. The van der Waals surface area contributed by atoms with Crippen LogP contribution in [0.1, 0.15) is 11.1 Å². The molecule has 2 N–H and O–H groups in total. The predicted octanol–water partition coefficient (Wildman–Crippen LogP) is 4.02. The molecule has 0 spiro atoms. The highest BCUT2D eigenvalue weighted by atomic mass is 32.2. The molecule has 32 heavy (non-hydrogen) atoms. The number of thioether (sulfide) groups is 1. The minimum Gasteiger partial charge on any atom is -0.330 e. The maximum absolute atomic E-state index is 13.3. The standard InChI is InChI=1S/C20H22FN5O3S3/c1-12-8-16(32(28,29)26(3)4)10-17(13(12)2)23-18(27)11-30-20-25-24-19(31-20)22-15-7-5-6-14(21)9-15/h5-10H,11H2,1-4H3,(H,22,24)(H,23,27). The molecule has 0 aliphatic carbocycles. The van der Waals surface area contributed by atoms with Crippen molar-refractivity contribution in [3.63, 3.8) is 0 Å². The van der Waals surface area contributed by atoms with Crippen LogP contribution >= 0.6 is 23.1 Å². The summed E-state index contributed by atoms with van der Waals surface area (Å²) in [5.74, 6) is -0.594. The number of aryl methyl sites for hydroxylation is 1. The van der Waals surface area contributed by atoms with Crippen LogP contribution in [-0.2, 0) is 14.8 Å². The molecule has 0 bridgehead atoms. The number of nitrogens with one attached hydrogen (secondary N) is 2. The maximum atomic E-state index is 13.3. The first kappa shape index (κ1) is 24.1. The monoisotopic (exact) mass is 495 g/mol. The fraction of sp³-hybridized carbons (Fsp3) is 0.250. The average molecular weight is 496 g/mol. The van der Waals surface area contributed by atoms with E-state index in [0.717, 1.165) is 15.4 Å². The first-order chi connectivity index (χ1) is 15.1. The molecule has 12 heteroatoms. The Bertz CT molecular complexity index is 1250. The van der Waals surface area contributed by atoms with Gasteiger partial charge in [-0.3, -0.25) is 4.79 Å². The van der Waals surface area contributed by atoms with Gasteiger partial charge in [0.1, 0.15) is 5.82 Å². The van der Waals surface area contributed by atoms with E-state index in [1.54, 1.807) is 25.1 Å². The quantitative estimate of drug-likeness (QED) is 0.455. The van der Waals surface area contributed by atoms with Gasteiger partial charge in [0.15, 0.2) is 4.34 Å². The van der Waals surface area contributed by atoms with Crippen LogP contribution in [0.15, 0.2) is 45.6 Å². The van der Waals surface area contributed by atoms with Crippen LogP contribution in [0.5, 0.6) is 0 Å². The van der Waals surface area contributed by atoms with Gasteiger partial charge in [-0.15, -0.1) is 10.2 Å². The van der Waals surface area contributed by atoms with Crippen molar-refractivity contribution in [3.05, 3.63) is 53.3 Å². The number of sulfonamides is 1. The Kier molecular flexibility index (Phi) is 7.49. The van der Waals surface area contributed by atoms with E-state index in [9.17, 15) is 17.6 Å². The van der Waals surface area contributed by atoms with E-state index in [4.69, 9.17) is 0 Å². The molecule has 3 aromatic rings. The van der Waals surface area contributed by atoms with E-state index in [-0.39, 0.29) is 22.4 Å². The number of hydrogen-bond donors (Lipinski definition) is 2. The highest BCUT2D eigenvalue weighted by molar-refractivity contribution is 8.01. The van der Waals surface area contributed by atoms with Crippen LogP contribution in [0.2, 0.25) is 0 Å². The van der Waals surface area contributed by atoms with E-state index < -0.39 is 10.0 Å². The molecule has 2 aromatic carbocycles. The summed E-state index contributed by atoms with van der Waals surface area (Å²) in [5.41, 5.74) is 2.54. The molecular weight excluding hydrogens is 473 g/mol. The second kappa shape index (κ2) is 9.94. The summed E-state index contributed by atoms with van der Waals surface area (Å²) < 4.78 is 39.9. The van der Waals surface area contributed by atoms with Gasteiger partial charge < -0.3 is 10.6 Å². The van der Waals surface area contributed by atoms with Crippen LogP contribution in [0, 0.1) is 19.7 Å². The van der Waals surface area contributed by atoms with Gasteiger partial charge >= 0.3 is 0 Å². The highest BCUT2D eigenvalue weighted by Crippen LogP contribution is 2.29. The largest absolute Gasteiger partial charge is 0.330 e. The third-order valence-electron chi connectivity index (χ3n) is 4.50. The van der Waals surface area contributed by atoms with Crippen LogP contribution < -0.4 is 10.6 Å². The van der Waals surface area contributed by atoms with E-state index in [1.165, 1.54) is 55.4 Å². The highest BCUT2D eigenvalue weighted by Gasteiger charge is 2.20. The zero-order valence-corrected chi connectivity index (χ0v) is 20.3. The van der Waals surface area contributed by atoms with Gasteiger partial charge in [0, 0.05) is 25.5 Å². The van der Waals surface area contributed by atoms with Crippen molar-refractivity contribution in [1.29, 1.82) is 0 Å². The lowest BCUT2D eigenvalue weighted by Crippen LogP contribution is -2.23. The molecular formula is C20H22FN5O3S3. The summed E-state index contributed by atoms with van der Waals surface area (Å²) in [4.78, 5) is 12.6. The second-order valence-electron chi connectivity index (χ2n) is 7.05. The van der Waals surface area contributed by atoms with Crippen LogP contribution in [-0.4, -0.2) is 48.7 Å². The number of nitrogens with zero attached hydrogens (tertiary/aromatic N) is 3. The number of halogens is 1. The number of carbonyl (C=O) groups excluding carboxylic acids is 1. The summed E-state index contributed by atoms with van der Waals surface area (Å²) in [6.45, 7) is 3.61. The Hall–Kier alpha value is -2.54. The fourth-order valence-electron chi connectivity index (χ4n) is 2.64. The molecule has 0 saturated carbocycles. The van der Waals surface area contributed by atoms with Crippen LogP contribution in [0.25, 0.3) is 0 Å². The molecule has 0 fully saturated rings.